The predicted molar refractivity (Wildman–Crippen MR) is 84.3 cm³/mol. The van der Waals surface area contributed by atoms with Crippen LogP contribution in [0.4, 0.5) is 0 Å². The molecule has 5 heteroatoms. The standard InChI is InChI=1S/C15H19Cl2N3/c1-11(2)6-18-7-14-9-20(10-19-14)8-12-5-13(16)3-4-15(12)17/h3-5,9-11,18H,6-8H2,1-2H3. The highest BCUT2D eigenvalue weighted by Gasteiger charge is 2.04. The molecule has 1 N–H and O–H groups in total. The molecule has 3 nitrogen and oxygen atoms in total. The van der Waals surface area contributed by atoms with Gasteiger partial charge in [-0.05, 0) is 36.2 Å². The van der Waals surface area contributed by atoms with Gasteiger partial charge < -0.3 is 9.88 Å². The highest BCUT2D eigenvalue weighted by molar-refractivity contribution is 6.33. The van der Waals surface area contributed by atoms with Gasteiger partial charge in [-0.3, -0.25) is 0 Å². The Morgan fingerprint density at radius 1 is 1.30 bits per heavy atom. The first kappa shape index (κ1) is 15.4. The van der Waals surface area contributed by atoms with E-state index in [9.17, 15) is 0 Å². The Morgan fingerprint density at radius 2 is 2.10 bits per heavy atom. The summed E-state index contributed by atoms with van der Waals surface area (Å²) in [6.07, 6.45) is 3.86. The number of hydrogen-bond acceptors (Lipinski definition) is 2. The molecule has 0 amide bonds. The molecule has 0 saturated carbocycles. The number of halogens is 2. The zero-order valence-electron chi connectivity index (χ0n) is 11.7. The van der Waals surface area contributed by atoms with E-state index in [0.717, 1.165) is 29.4 Å². The van der Waals surface area contributed by atoms with Gasteiger partial charge in [-0.25, -0.2) is 4.98 Å². The fourth-order valence-electron chi connectivity index (χ4n) is 1.93. The minimum Gasteiger partial charge on any atom is -0.333 e. The van der Waals surface area contributed by atoms with Crippen molar-refractivity contribution in [3.05, 3.63) is 52.0 Å². The number of benzene rings is 1. The molecule has 0 aliphatic carbocycles. The second-order valence-corrected chi connectivity index (χ2v) is 6.14. The maximum atomic E-state index is 6.17. The molecule has 0 bridgehead atoms. The van der Waals surface area contributed by atoms with Crippen molar-refractivity contribution in [2.24, 2.45) is 5.92 Å². The Morgan fingerprint density at radius 3 is 2.85 bits per heavy atom. The van der Waals surface area contributed by atoms with Crippen LogP contribution < -0.4 is 5.32 Å². The second-order valence-electron chi connectivity index (χ2n) is 5.30. The first-order valence-electron chi connectivity index (χ1n) is 6.70. The SMILES string of the molecule is CC(C)CNCc1cn(Cc2cc(Cl)ccc2Cl)cn1. The van der Waals surface area contributed by atoms with Gasteiger partial charge in [-0.1, -0.05) is 37.0 Å². The molecule has 20 heavy (non-hydrogen) atoms. The topological polar surface area (TPSA) is 29.9 Å². The van der Waals surface area contributed by atoms with Crippen LogP contribution in [-0.4, -0.2) is 16.1 Å². The van der Waals surface area contributed by atoms with Crippen molar-refractivity contribution < 1.29 is 0 Å². The summed E-state index contributed by atoms with van der Waals surface area (Å²) in [7, 11) is 0. The Balaban J connectivity index is 1.97. The van der Waals surface area contributed by atoms with Crippen molar-refractivity contribution in [3.63, 3.8) is 0 Å². The molecule has 0 radical (unpaired) electrons. The molecule has 0 aliphatic rings. The zero-order valence-corrected chi connectivity index (χ0v) is 13.2. The van der Waals surface area contributed by atoms with E-state index in [1.807, 2.05) is 29.2 Å². The summed E-state index contributed by atoms with van der Waals surface area (Å²) in [5, 5.41) is 4.80. The van der Waals surface area contributed by atoms with Crippen molar-refractivity contribution in [1.29, 1.82) is 0 Å². The number of imidazole rings is 1. The lowest BCUT2D eigenvalue weighted by molar-refractivity contribution is 0.548. The lowest BCUT2D eigenvalue weighted by Gasteiger charge is -2.06. The van der Waals surface area contributed by atoms with Gasteiger partial charge in [0.15, 0.2) is 0 Å². The first-order valence-corrected chi connectivity index (χ1v) is 7.45. The van der Waals surface area contributed by atoms with Crippen LogP contribution in [0.2, 0.25) is 10.0 Å². The van der Waals surface area contributed by atoms with Gasteiger partial charge in [0.1, 0.15) is 0 Å². The number of nitrogens with zero attached hydrogens (tertiary/aromatic N) is 2. The summed E-state index contributed by atoms with van der Waals surface area (Å²) >= 11 is 12.2. The van der Waals surface area contributed by atoms with E-state index in [-0.39, 0.29) is 0 Å². The van der Waals surface area contributed by atoms with Crippen molar-refractivity contribution >= 4 is 23.2 Å². The third kappa shape index (κ3) is 4.51. The minimum atomic E-state index is 0.641. The Kier molecular flexibility index (Phi) is 5.46. The van der Waals surface area contributed by atoms with Crippen LogP contribution in [0, 0.1) is 5.92 Å². The maximum absolute atomic E-state index is 6.17. The van der Waals surface area contributed by atoms with E-state index in [1.54, 1.807) is 6.07 Å². The van der Waals surface area contributed by atoms with Crippen LogP contribution in [0.25, 0.3) is 0 Å². The molecule has 0 aliphatic heterocycles. The average molecular weight is 312 g/mol. The summed E-state index contributed by atoms with van der Waals surface area (Å²) in [6, 6.07) is 5.50. The Labute approximate surface area is 129 Å². The monoisotopic (exact) mass is 311 g/mol. The van der Waals surface area contributed by atoms with Crippen molar-refractivity contribution in [1.82, 2.24) is 14.9 Å². The number of rotatable bonds is 6. The molecule has 1 aromatic carbocycles. The second kappa shape index (κ2) is 7.11. The summed E-state index contributed by atoms with van der Waals surface area (Å²) in [5.41, 5.74) is 2.03. The fraction of sp³-hybridized carbons (Fsp3) is 0.400. The third-order valence-electron chi connectivity index (χ3n) is 2.91. The van der Waals surface area contributed by atoms with Gasteiger partial charge in [0.05, 0.1) is 18.6 Å². The molecule has 0 spiro atoms. The Hall–Kier alpha value is -1.03. The molecule has 1 aromatic heterocycles. The molecule has 108 valence electrons. The Bertz CT molecular complexity index is 564. The van der Waals surface area contributed by atoms with E-state index in [2.05, 4.69) is 24.1 Å². The van der Waals surface area contributed by atoms with E-state index in [1.165, 1.54) is 0 Å². The lowest BCUT2D eigenvalue weighted by Crippen LogP contribution is -2.19. The fourth-order valence-corrected chi connectivity index (χ4v) is 2.31. The molecule has 0 atom stereocenters. The lowest BCUT2D eigenvalue weighted by atomic mass is 10.2. The molecule has 2 aromatic rings. The minimum absolute atomic E-state index is 0.641. The van der Waals surface area contributed by atoms with Gasteiger partial charge in [-0.2, -0.15) is 0 Å². The summed E-state index contributed by atoms with van der Waals surface area (Å²) < 4.78 is 2.02. The van der Waals surface area contributed by atoms with Crippen LogP contribution in [0.5, 0.6) is 0 Å². The zero-order chi connectivity index (χ0) is 14.5. The van der Waals surface area contributed by atoms with Crippen LogP contribution in [-0.2, 0) is 13.1 Å². The number of hydrogen-bond donors (Lipinski definition) is 1. The molecular formula is C15H19Cl2N3. The molecule has 1 heterocycles. The maximum Gasteiger partial charge on any atom is 0.0953 e. The summed E-state index contributed by atoms with van der Waals surface area (Å²) in [5.74, 6) is 0.641. The van der Waals surface area contributed by atoms with E-state index < -0.39 is 0 Å². The van der Waals surface area contributed by atoms with Gasteiger partial charge in [0.25, 0.3) is 0 Å². The molecule has 0 fully saturated rings. The molecule has 2 rings (SSSR count). The third-order valence-corrected chi connectivity index (χ3v) is 3.51. The van der Waals surface area contributed by atoms with Crippen molar-refractivity contribution in [3.8, 4) is 0 Å². The van der Waals surface area contributed by atoms with Crippen molar-refractivity contribution in [2.45, 2.75) is 26.9 Å². The largest absolute Gasteiger partial charge is 0.333 e. The highest BCUT2D eigenvalue weighted by atomic mass is 35.5. The van der Waals surface area contributed by atoms with Gasteiger partial charge >= 0.3 is 0 Å². The number of nitrogens with one attached hydrogen (secondary N) is 1. The molecule has 0 saturated heterocycles. The quantitative estimate of drug-likeness (QED) is 0.874. The molecular weight excluding hydrogens is 293 g/mol. The number of aromatic nitrogens is 2. The van der Waals surface area contributed by atoms with E-state index in [4.69, 9.17) is 23.2 Å². The van der Waals surface area contributed by atoms with Gasteiger partial charge in [-0.15, -0.1) is 0 Å². The van der Waals surface area contributed by atoms with Crippen molar-refractivity contribution in [2.75, 3.05) is 6.54 Å². The first-order chi connectivity index (χ1) is 9.54. The highest BCUT2D eigenvalue weighted by Crippen LogP contribution is 2.21. The average Bonchev–Trinajstić information content (AvgIpc) is 2.81. The molecule has 0 unspecified atom stereocenters. The van der Waals surface area contributed by atoms with Crippen LogP contribution in [0.1, 0.15) is 25.1 Å². The van der Waals surface area contributed by atoms with Crippen LogP contribution in [0.3, 0.4) is 0 Å². The smallest absolute Gasteiger partial charge is 0.0953 e. The van der Waals surface area contributed by atoms with Crippen LogP contribution in [0.15, 0.2) is 30.7 Å². The normalized spacial score (nSPS) is 11.2. The van der Waals surface area contributed by atoms with E-state index >= 15 is 0 Å². The van der Waals surface area contributed by atoms with Gasteiger partial charge in [0, 0.05) is 22.8 Å². The predicted octanol–water partition coefficient (Wildman–Crippen LogP) is 3.98. The van der Waals surface area contributed by atoms with Gasteiger partial charge in [0.2, 0.25) is 0 Å². The van der Waals surface area contributed by atoms with Crippen LogP contribution >= 0.6 is 23.2 Å². The van der Waals surface area contributed by atoms with E-state index in [0.29, 0.717) is 17.5 Å². The summed E-state index contributed by atoms with van der Waals surface area (Å²) in [6.45, 7) is 6.83. The summed E-state index contributed by atoms with van der Waals surface area (Å²) in [4.78, 5) is 4.39.